The molecule has 39 heavy (non-hydrogen) atoms. The minimum absolute atomic E-state index is 0.105. The average molecular weight is 552 g/mol. The zero-order valence-electron chi connectivity index (χ0n) is 24.0. The first-order valence-electron chi connectivity index (χ1n) is 13.3. The van der Waals surface area contributed by atoms with Gasteiger partial charge in [0.1, 0.15) is 0 Å². The van der Waals surface area contributed by atoms with E-state index in [0.29, 0.717) is 6.42 Å². The molecule has 0 fully saturated rings. The third kappa shape index (κ3) is 8.30. The minimum atomic E-state index is -0.252. The van der Waals surface area contributed by atoms with E-state index in [1.54, 1.807) is 0 Å². The van der Waals surface area contributed by atoms with Crippen molar-refractivity contribution in [3.05, 3.63) is 102 Å². The van der Waals surface area contributed by atoms with Crippen LogP contribution in [-0.4, -0.2) is 53.9 Å². The molecule has 2 N–H and O–H groups in total. The van der Waals surface area contributed by atoms with E-state index in [4.69, 9.17) is 4.57 Å². The molecule has 0 atom stereocenters. The van der Waals surface area contributed by atoms with Gasteiger partial charge in [0.25, 0.3) is 0 Å². The molecular formula is C32H44N2O4P+. The molecule has 0 spiro atoms. The van der Waals surface area contributed by atoms with Crippen LogP contribution in [0.25, 0.3) is 0 Å². The molecule has 0 aromatic heterocycles. The van der Waals surface area contributed by atoms with Gasteiger partial charge in [-0.25, -0.2) is 9.14 Å². The number of allylic oxidation sites excluding steroid dienone is 10. The lowest BCUT2D eigenvalue weighted by atomic mass is 9.79. The first kappa shape index (κ1) is 32.3. The zero-order valence-corrected chi connectivity index (χ0v) is 24.9. The number of hydrogen-bond acceptors (Lipinski definition) is 5. The first-order chi connectivity index (χ1) is 18.7. The number of aliphatic hydroxyl groups is 2. The van der Waals surface area contributed by atoms with Crippen molar-refractivity contribution in [2.24, 2.45) is 5.41 Å². The average Bonchev–Trinajstić information content (AvgIpc) is 3.14. The second kappa shape index (κ2) is 15.6. The van der Waals surface area contributed by atoms with E-state index in [0.717, 1.165) is 30.8 Å². The summed E-state index contributed by atoms with van der Waals surface area (Å²) in [5.41, 5.74) is 5.63. The van der Waals surface area contributed by atoms with Gasteiger partial charge in [-0.05, 0) is 43.5 Å². The van der Waals surface area contributed by atoms with Crippen LogP contribution in [0.3, 0.4) is 0 Å². The molecule has 0 saturated heterocycles. The van der Waals surface area contributed by atoms with Crippen LogP contribution in [0.5, 0.6) is 0 Å². The summed E-state index contributed by atoms with van der Waals surface area (Å²) in [7, 11) is 1.10. The maximum atomic E-state index is 9.43. The summed E-state index contributed by atoms with van der Waals surface area (Å²) in [5.74, 6) is 0. The lowest BCUT2D eigenvalue weighted by molar-refractivity contribution is -0.460. The van der Waals surface area contributed by atoms with Crippen LogP contribution in [-0.2, 0) is 14.5 Å². The van der Waals surface area contributed by atoms with Crippen molar-refractivity contribution >= 4 is 20.1 Å². The quantitative estimate of drug-likeness (QED) is 0.197. The molecule has 2 aliphatic rings. The molecule has 0 bridgehead atoms. The Balaban J connectivity index is 0.00000124. The van der Waals surface area contributed by atoms with Gasteiger partial charge in [0, 0.05) is 62.2 Å². The first-order valence-corrected chi connectivity index (χ1v) is 14.1. The number of para-hydroxylation sites is 1. The summed E-state index contributed by atoms with van der Waals surface area (Å²) in [6.45, 7) is 15.1. The second-order valence-electron chi connectivity index (χ2n) is 10.4. The van der Waals surface area contributed by atoms with Crippen LogP contribution in [0.4, 0.5) is 5.69 Å². The van der Waals surface area contributed by atoms with Gasteiger partial charge in [-0.15, -0.1) is 0 Å². The fraction of sp³-hybridized carbons (Fsp3) is 0.406. The topological polar surface area (TPSA) is 73.0 Å². The second-order valence-corrected chi connectivity index (χ2v) is 10.9. The van der Waals surface area contributed by atoms with E-state index >= 15 is 0 Å². The van der Waals surface area contributed by atoms with Crippen molar-refractivity contribution in [3.8, 4) is 0 Å². The van der Waals surface area contributed by atoms with Crippen LogP contribution in [0, 0.1) is 5.41 Å². The highest BCUT2D eigenvalue weighted by atomic mass is 31.1. The molecule has 0 radical (unpaired) electrons. The Morgan fingerprint density at radius 3 is 2.38 bits per heavy atom. The largest absolute Gasteiger partial charge is 0.396 e. The van der Waals surface area contributed by atoms with Crippen LogP contribution < -0.4 is 4.90 Å². The van der Waals surface area contributed by atoms with E-state index in [9.17, 15) is 10.2 Å². The maximum absolute atomic E-state index is 9.43. The fourth-order valence-corrected chi connectivity index (χ4v) is 4.85. The van der Waals surface area contributed by atoms with E-state index in [-0.39, 0.29) is 32.7 Å². The molecule has 1 aromatic rings. The Morgan fingerprint density at radius 1 is 1.03 bits per heavy atom. The zero-order chi connectivity index (χ0) is 28.9. The molecular weight excluding hydrogens is 507 g/mol. The molecule has 1 aromatic carbocycles. The van der Waals surface area contributed by atoms with Gasteiger partial charge >= 0.3 is 8.69 Å². The van der Waals surface area contributed by atoms with Crippen molar-refractivity contribution in [3.63, 3.8) is 0 Å². The highest BCUT2D eigenvalue weighted by Gasteiger charge is 2.39. The van der Waals surface area contributed by atoms with Crippen molar-refractivity contribution in [1.82, 2.24) is 0 Å². The summed E-state index contributed by atoms with van der Waals surface area (Å²) in [6.07, 6.45) is 20.2. The predicted octanol–water partition coefficient (Wildman–Crippen LogP) is 6.50. The normalized spacial score (nSPS) is 22.6. The summed E-state index contributed by atoms with van der Waals surface area (Å²) in [6, 6.07) is 8.55. The molecule has 0 unspecified atom stereocenters. The minimum Gasteiger partial charge on any atom is -0.396 e. The molecule has 6 nitrogen and oxygen atoms in total. The SMILES string of the molecule is C=C1\C=C/C=C\[N+](CCCO)=C(\C=C\C=C\C=C2\N(CCCO)c3ccccc3C2(C)C)C1(C)C.COP=O. The van der Waals surface area contributed by atoms with Gasteiger partial charge in [0.15, 0.2) is 18.5 Å². The molecule has 2 aliphatic heterocycles. The summed E-state index contributed by atoms with van der Waals surface area (Å²) < 4.78 is 15.2. The molecule has 210 valence electrons. The van der Waals surface area contributed by atoms with Gasteiger partial charge < -0.3 is 15.1 Å². The van der Waals surface area contributed by atoms with E-state index in [1.807, 2.05) is 12.2 Å². The van der Waals surface area contributed by atoms with Crippen molar-refractivity contribution < 1.29 is 23.9 Å². The van der Waals surface area contributed by atoms with Gasteiger partial charge in [0.05, 0.1) is 5.41 Å². The third-order valence-corrected chi connectivity index (χ3v) is 7.28. The molecule has 0 amide bonds. The molecule has 2 heterocycles. The van der Waals surface area contributed by atoms with Gasteiger partial charge in [-0.2, -0.15) is 0 Å². The van der Waals surface area contributed by atoms with Gasteiger partial charge in [-0.3, -0.25) is 4.52 Å². The van der Waals surface area contributed by atoms with Crippen LogP contribution in [0.1, 0.15) is 46.1 Å². The summed E-state index contributed by atoms with van der Waals surface area (Å²) in [5, 5.41) is 18.8. The number of hydrogen-bond donors (Lipinski definition) is 2. The Kier molecular flexibility index (Phi) is 13.0. The van der Waals surface area contributed by atoms with Gasteiger partial charge in [0.2, 0.25) is 0 Å². The number of nitrogens with zero attached hydrogens (tertiary/aromatic N) is 2. The molecule has 0 aliphatic carbocycles. The predicted molar refractivity (Wildman–Crippen MR) is 163 cm³/mol. The van der Waals surface area contributed by atoms with Crippen LogP contribution in [0.2, 0.25) is 0 Å². The Morgan fingerprint density at radius 2 is 1.72 bits per heavy atom. The summed E-state index contributed by atoms with van der Waals surface area (Å²) >= 11 is 0. The van der Waals surface area contributed by atoms with E-state index in [2.05, 4.69) is 115 Å². The van der Waals surface area contributed by atoms with Crippen molar-refractivity contribution in [2.75, 3.05) is 38.3 Å². The molecule has 3 rings (SSSR count). The lowest BCUT2D eigenvalue weighted by Gasteiger charge is -2.26. The Labute approximate surface area is 236 Å². The Hall–Kier alpha value is -2.89. The number of anilines is 1. The standard InChI is InChI=1S/C31H41N2O2.CH3O2P/c1-25-15-11-12-20-32(21-13-23-34)28(30(25,2)3)18-7-6-8-19-29-31(4,5)26-16-9-10-17-27(26)33(29)22-14-24-35;1-3-4-2/h6-12,15-20,34-35H,1,13-14,21-24H2,2-5H3;1H3/q+1;/b15-11-,20-12-;. The van der Waals surface area contributed by atoms with Crippen LogP contribution >= 0.6 is 8.69 Å². The number of aliphatic hydroxyl groups excluding tert-OH is 2. The number of fused-ring (bicyclic) bond motifs is 1. The highest BCUT2D eigenvalue weighted by Crippen LogP contribution is 2.47. The van der Waals surface area contributed by atoms with Gasteiger partial charge in [-0.1, -0.05) is 69.0 Å². The van der Waals surface area contributed by atoms with E-state index in [1.165, 1.54) is 24.1 Å². The van der Waals surface area contributed by atoms with Crippen molar-refractivity contribution in [1.29, 1.82) is 0 Å². The summed E-state index contributed by atoms with van der Waals surface area (Å²) in [4.78, 5) is 2.34. The smallest absolute Gasteiger partial charge is 0.327 e. The fourth-order valence-electron chi connectivity index (χ4n) is 4.85. The maximum Gasteiger partial charge on any atom is 0.327 e. The number of rotatable bonds is 10. The monoisotopic (exact) mass is 551 g/mol. The highest BCUT2D eigenvalue weighted by molar-refractivity contribution is 7.17. The molecule has 7 heteroatoms. The third-order valence-electron chi connectivity index (χ3n) is 7.13. The van der Waals surface area contributed by atoms with Crippen LogP contribution in [0.15, 0.2) is 96.9 Å². The number of benzene rings is 1. The van der Waals surface area contributed by atoms with Crippen molar-refractivity contribution in [2.45, 2.75) is 46.0 Å². The Bertz CT molecular complexity index is 1170. The van der Waals surface area contributed by atoms with E-state index < -0.39 is 0 Å². The molecule has 0 saturated carbocycles. The lowest BCUT2D eigenvalue weighted by Crippen LogP contribution is -2.32.